The molecule has 112 valence electrons. The minimum Gasteiger partial charge on any atom is -0.300 e. The number of Topliss-reactive ketones (excluding diaryl/α,β-unsaturated/α-hetero) is 1. The van der Waals surface area contributed by atoms with Crippen LogP contribution < -0.4 is 5.56 Å². The van der Waals surface area contributed by atoms with Crippen LogP contribution in [0.2, 0.25) is 5.02 Å². The van der Waals surface area contributed by atoms with Crippen LogP contribution in [0.25, 0.3) is 0 Å². The molecule has 2 rings (SSSR count). The molecule has 0 unspecified atom stereocenters. The Morgan fingerprint density at radius 1 is 1.41 bits per heavy atom. The molecule has 0 aliphatic heterocycles. The van der Waals surface area contributed by atoms with Gasteiger partial charge in [0.05, 0.1) is 11.4 Å². The van der Waals surface area contributed by atoms with Gasteiger partial charge < -0.3 is 4.98 Å². The number of thioether (sulfide) groups is 1. The third-order valence-electron chi connectivity index (χ3n) is 2.93. The van der Waals surface area contributed by atoms with Crippen molar-refractivity contribution < 1.29 is 4.79 Å². The lowest BCUT2D eigenvalue weighted by atomic mass is 10.1. The van der Waals surface area contributed by atoms with E-state index in [0.717, 1.165) is 11.8 Å². The number of hydrogen-bond donors (Lipinski definition) is 1. The number of aryl methyl sites for hydroxylation is 1. The largest absolute Gasteiger partial charge is 0.300 e. The second-order valence-electron chi connectivity index (χ2n) is 4.38. The number of carbonyl (C=O) groups is 1. The van der Waals surface area contributed by atoms with Crippen LogP contribution in [0, 0.1) is 11.3 Å². The average Bonchev–Trinajstić information content (AvgIpc) is 2.52. The number of H-pyrrole nitrogens is 1. The van der Waals surface area contributed by atoms with E-state index >= 15 is 0 Å². The van der Waals surface area contributed by atoms with E-state index in [-0.39, 0.29) is 17.1 Å². The molecule has 1 heterocycles. The fourth-order valence-corrected chi connectivity index (χ4v) is 2.69. The zero-order valence-corrected chi connectivity index (χ0v) is 13.3. The van der Waals surface area contributed by atoms with Gasteiger partial charge in [-0.15, -0.1) is 0 Å². The number of nitriles is 1. The fourth-order valence-electron chi connectivity index (χ4n) is 1.79. The zero-order chi connectivity index (χ0) is 16.1. The van der Waals surface area contributed by atoms with Gasteiger partial charge in [-0.25, -0.2) is 4.98 Å². The van der Waals surface area contributed by atoms with E-state index in [1.165, 1.54) is 0 Å². The van der Waals surface area contributed by atoms with Crippen LogP contribution in [0.1, 0.15) is 28.5 Å². The first-order chi connectivity index (χ1) is 10.5. The van der Waals surface area contributed by atoms with Gasteiger partial charge in [-0.3, -0.25) is 9.59 Å². The van der Waals surface area contributed by atoms with Gasteiger partial charge in [0.15, 0.2) is 10.9 Å². The van der Waals surface area contributed by atoms with E-state index in [0.29, 0.717) is 27.9 Å². The highest BCUT2D eigenvalue weighted by Gasteiger charge is 2.12. The molecule has 0 saturated carbocycles. The molecule has 0 fully saturated rings. The van der Waals surface area contributed by atoms with Crippen molar-refractivity contribution in [2.24, 2.45) is 0 Å². The first kappa shape index (κ1) is 16.3. The van der Waals surface area contributed by atoms with Crippen LogP contribution >= 0.6 is 23.4 Å². The van der Waals surface area contributed by atoms with Gasteiger partial charge >= 0.3 is 0 Å². The Morgan fingerprint density at radius 2 is 2.09 bits per heavy atom. The van der Waals surface area contributed by atoms with E-state index in [2.05, 4.69) is 9.97 Å². The number of halogens is 1. The Balaban J connectivity index is 2.13. The number of ketones is 1. The van der Waals surface area contributed by atoms with E-state index in [9.17, 15) is 9.59 Å². The quantitative estimate of drug-likeness (QED) is 0.516. The van der Waals surface area contributed by atoms with Crippen LogP contribution in [0.15, 0.2) is 34.2 Å². The van der Waals surface area contributed by atoms with Crippen molar-refractivity contribution in [3.05, 3.63) is 56.5 Å². The van der Waals surface area contributed by atoms with Crippen molar-refractivity contribution in [2.75, 3.05) is 5.75 Å². The normalized spacial score (nSPS) is 10.2. The predicted octanol–water partition coefficient (Wildman–Crippen LogP) is 2.83. The molecule has 0 atom stereocenters. The molecule has 1 aromatic carbocycles. The van der Waals surface area contributed by atoms with E-state index in [1.54, 1.807) is 24.3 Å². The molecule has 0 aliphatic carbocycles. The minimum absolute atomic E-state index is 0.0240. The molecule has 1 aromatic heterocycles. The average molecular weight is 334 g/mol. The molecular weight excluding hydrogens is 322 g/mol. The summed E-state index contributed by atoms with van der Waals surface area (Å²) in [7, 11) is 0. The van der Waals surface area contributed by atoms with Gasteiger partial charge in [-0.1, -0.05) is 30.3 Å². The maximum Gasteiger partial charge on any atom is 0.269 e. The number of aromatic nitrogens is 2. The topological polar surface area (TPSA) is 86.6 Å². The van der Waals surface area contributed by atoms with E-state index in [4.69, 9.17) is 16.9 Å². The number of carbonyl (C=O) groups excluding carboxylic acids is 1. The van der Waals surface area contributed by atoms with Crippen LogP contribution in [-0.4, -0.2) is 21.5 Å². The summed E-state index contributed by atoms with van der Waals surface area (Å²) in [6.07, 6.45) is 0.478. The smallest absolute Gasteiger partial charge is 0.269 e. The fraction of sp³-hybridized carbons (Fsp3) is 0.200. The second kappa shape index (κ2) is 7.25. The van der Waals surface area contributed by atoms with Crippen LogP contribution in [0.4, 0.5) is 0 Å². The van der Waals surface area contributed by atoms with Crippen molar-refractivity contribution in [1.29, 1.82) is 5.26 Å². The first-order valence-corrected chi connectivity index (χ1v) is 7.86. The summed E-state index contributed by atoms with van der Waals surface area (Å²) in [5.41, 5.74) is 0.531. The summed E-state index contributed by atoms with van der Waals surface area (Å²) < 4.78 is 0. The van der Waals surface area contributed by atoms with Crippen molar-refractivity contribution in [2.45, 2.75) is 18.5 Å². The number of rotatable bonds is 5. The maximum absolute atomic E-state index is 12.1. The lowest BCUT2D eigenvalue weighted by Crippen LogP contribution is -2.16. The van der Waals surface area contributed by atoms with Crippen molar-refractivity contribution in [1.82, 2.24) is 9.97 Å². The summed E-state index contributed by atoms with van der Waals surface area (Å²) in [6.45, 7) is 1.82. The van der Waals surface area contributed by atoms with Gasteiger partial charge in [0.1, 0.15) is 11.6 Å². The lowest BCUT2D eigenvalue weighted by molar-refractivity contribution is 0.102. The summed E-state index contributed by atoms with van der Waals surface area (Å²) in [4.78, 5) is 30.6. The highest BCUT2D eigenvalue weighted by atomic mass is 35.5. The Labute approximate surface area is 136 Å². The molecule has 2 aromatic rings. The van der Waals surface area contributed by atoms with Crippen molar-refractivity contribution >= 4 is 29.1 Å². The second-order valence-corrected chi connectivity index (χ2v) is 5.78. The molecule has 0 radical (unpaired) electrons. The molecule has 0 amide bonds. The van der Waals surface area contributed by atoms with Crippen molar-refractivity contribution in [3.8, 4) is 6.07 Å². The standard InChI is InChI=1S/C15H12ClN3O2S/c1-2-12-11(7-17)14(21)19-15(18-12)22-8-13(20)9-3-5-10(16)6-4-9/h3-6H,2,8H2,1H3,(H,18,19,21). The predicted molar refractivity (Wildman–Crippen MR) is 85.5 cm³/mol. The summed E-state index contributed by atoms with van der Waals surface area (Å²) >= 11 is 6.91. The van der Waals surface area contributed by atoms with E-state index in [1.807, 2.05) is 13.0 Å². The van der Waals surface area contributed by atoms with Crippen molar-refractivity contribution in [3.63, 3.8) is 0 Å². The molecule has 5 nitrogen and oxygen atoms in total. The third-order valence-corrected chi connectivity index (χ3v) is 4.05. The van der Waals surface area contributed by atoms with Gasteiger partial charge in [0, 0.05) is 10.6 Å². The number of hydrogen-bond acceptors (Lipinski definition) is 5. The number of nitrogens with one attached hydrogen (secondary N) is 1. The highest BCUT2D eigenvalue weighted by Crippen LogP contribution is 2.16. The zero-order valence-electron chi connectivity index (χ0n) is 11.7. The molecule has 1 N–H and O–H groups in total. The van der Waals surface area contributed by atoms with Crippen LogP contribution in [0.3, 0.4) is 0 Å². The number of aromatic amines is 1. The molecular formula is C15H12ClN3O2S. The summed E-state index contributed by atoms with van der Waals surface area (Å²) in [6, 6.07) is 8.44. The summed E-state index contributed by atoms with van der Waals surface area (Å²) in [5.74, 6) is 0.0475. The Kier molecular flexibility index (Phi) is 5.36. The highest BCUT2D eigenvalue weighted by molar-refractivity contribution is 7.99. The Morgan fingerprint density at radius 3 is 2.68 bits per heavy atom. The molecule has 0 bridgehead atoms. The Bertz CT molecular complexity index is 794. The molecule has 7 heteroatoms. The number of nitrogens with zero attached hydrogens (tertiary/aromatic N) is 2. The lowest BCUT2D eigenvalue weighted by Gasteiger charge is -2.04. The van der Waals surface area contributed by atoms with Gasteiger partial charge in [0.2, 0.25) is 0 Å². The third kappa shape index (κ3) is 3.75. The number of benzene rings is 1. The SMILES string of the molecule is CCc1nc(SCC(=O)c2ccc(Cl)cc2)[nH]c(=O)c1C#N. The summed E-state index contributed by atoms with van der Waals surface area (Å²) in [5, 5.41) is 9.83. The van der Waals surface area contributed by atoms with Crippen LogP contribution in [0.5, 0.6) is 0 Å². The molecule has 0 saturated heterocycles. The molecule has 22 heavy (non-hydrogen) atoms. The van der Waals surface area contributed by atoms with Crippen LogP contribution in [-0.2, 0) is 6.42 Å². The Hall–Kier alpha value is -2.10. The van der Waals surface area contributed by atoms with Gasteiger partial charge in [-0.2, -0.15) is 5.26 Å². The first-order valence-electron chi connectivity index (χ1n) is 6.50. The molecule has 0 spiro atoms. The minimum atomic E-state index is -0.476. The van der Waals surface area contributed by atoms with E-state index < -0.39 is 5.56 Å². The maximum atomic E-state index is 12.1. The molecule has 0 aliphatic rings. The monoisotopic (exact) mass is 333 g/mol. The van der Waals surface area contributed by atoms with Gasteiger partial charge in [0.25, 0.3) is 5.56 Å². The van der Waals surface area contributed by atoms with Gasteiger partial charge in [-0.05, 0) is 30.7 Å².